The molecule has 2 fully saturated rings. The lowest BCUT2D eigenvalue weighted by atomic mass is 9.83. The van der Waals surface area contributed by atoms with E-state index in [0.717, 1.165) is 6.42 Å². The van der Waals surface area contributed by atoms with Crippen LogP contribution in [0.15, 0.2) is 0 Å². The van der Waals surface area contributed by atoms with Crippen molar-refractivity contribution in [3.8, 4) is 0 Å². The Bertz CT molecular complexity index is 309. The fourth-order valence-corrected chi connectivity index (χ4v) is 2.23. The van der Waals surface area contributed by atoms with E-state index in [4.69, 9.17) is 9.47 Å². The Morgan fingerprint density at radius 1 is 1.47 bits per heavy atom. The van der Waals surface area contributed by atoms with Crippen LogP contribution in [-0.4, -0.2) is 48.1 Å². The average Bonchev–Trinajstić information content (AvgIpc) is 2.12. The molecule has 0 aromatic carbocycles. The Balaban J connectivity index is 1.91. The van der Waals surface area contributed by atoms with Gasteiger partial charge in [0, 0.05) is 13.0 Å². The van der Waals surface area contributed by atoms with Crippen molar-refractivity contribution in [2.75, 3.05) is 19.7 Å². The van der Waals surface area contributed by atoms with Crippen LogP contribution in [0.4, 0.5) is 9.18 Å². The van der Waals surface area contributed by atoms with Crippen LogP contribution in [0.5, 0.6) is 0 Å². The van der Waals surface area contributed by atoms with Gasteiger partial charge in [0.1, 0.15) is 17.4 Å². The van der Waals surface area contributed by atoms with E-state index in [1.165, 1.54) is 4.90 Å². The highest BCUT2D eigenvalue weighted by Gasteiger charge is 2.50. The maximum absolute atomic E-state index is 14.0. The van der Waals surface area contributed by atoms with Gasteiger partial charge in [0.25, 0.3) is 0 Å². The topological polar surface area (TPSA) is 38.8 Å². The number of halogens is 1. The van der Waals surface area contributed by atoms with Crippen LogP contribution in [-0.2, 0) is 9.47 Å². The van der Waals surface area contributed by atoms with Crippen LogP contribution >= 0.6 is 0 Å². The second-order valence-electron chi connectivity index (χ2n) is 5.81. The molecule has 1 unspecified atom stereocenters. The van der Waals surface area contributed by atoms with E-state index in [1.54, 1.807) is 20.8 Å². The van der Waals surface area contributed by atoms with Gasteiger partial charge in [-0.1, -0.05) is 0 Å². The number of nitrogens with zero attached hydrogens (tertiary/aromatic N) is 1. The Kier molecular flexibility index (Phi) is 3.06. The summed E-state index contributed by atoms with van der Waals surface area (Å²) in [6, 6.07) is 0. The molecule has 1 spiro atoms. The van der Waals surface area contributed by atoms with Crippen molar-refractivity contribution in [3.05, 3.63) is 0 Å². The van der Waals surface area contributed by atoms with Crippen molar-refractivity contribution >= 4 is 6.09 Å². The van der Waals surface area contributed by atoms with E-state index in [1.807, 2.05) is 0 Å². The Morgan fingerprint density at radius 2 is 2.12 bits per heavy atom. The molecule has 5 heteroatoms. The number of amides is 1. The predicted molar refractivity (Wildman–Crippen MR) is 60.6 cm³/mol. The molecule has 1 amide bonds. The number of carbonyl (C=O) groups excluding carboxylic acids is 1. The second-order valence-corrected chi connectivity index (χ2v) is 5.81. The quantitative estimate of drug-likeness (QED) is 0.656. The summed E-state index contributed by atoms with van der Waals surface area (Å²) in [6.45, 7) is 6.63. The maximum Gasteiger partial charge on any atom is 0.410 e. The first-order valence-electron chi connectivity index (χ1n) is 6.08. The van der Waals surface area contributed by atoms with Crippen LogP contribution in [0.2, 0.25) is 0 Å². The molecule has 0 aliphatic carbocycles. The predicted octanol–water partition coefficient (Wildman–Crippen LogP) is 2.12. The van der Waals surface area contributed by atoms with Crippen LogP contribution in [0, 0.1) is 0 Å². The van der Waals surface area contributed by atoms with E-state index in [0.29, 0.717) is 19.6 Å². The van der Waals surface area contributed by atoms with Gasteiger partial charge >= 0.3 is 6.09 Å². The van der Waals surface area contributed by atoms with Gasteiger partial charge in [-0.3, -0.25) is 0 Å². The lowest BCUT2D eigenvalue weighted by molar-refractivity contribution is -0.206. The van der Waals surface area contributed by atoms with Gasteiger partial charge in [0.05, 0.1) is 13.2 Å². The van der Waals surface area contributed by atoms with E-state index in [9.17, 15) is 9.18 Å². The number of likely N-dealkylation sites (tertiary alicyclic amines) is 1. The Labute approximate surface area is 101 Å². The van der Waals surface area contributed by atoms with E-state index < -0.39 is 23.5 Å². The Morgan fingerprint density at radius 3 is 2.53 bits per heavy atom. The highest BCUT2D eigenvalue weighted by atomic mass is 19.1. The number of hydrogen-bond acceptors (Lipinski definition) is 3. The zero-order chi connectivity index (χ0) is 12.7. The Hall–Kier alpha value is -0.840. The maximum atomic E-state index is 14.0. The third-order valence-corrected chi connectivity index (χ3v) is 3.32. The minimum Gasteiger partial charge on any atom is -0.444 e. The zero-order valence-corrected chi connectivity index (χ0v) is 10.7. The molecular formula is C12H20FNO3. The average molecular weight is 245 g/mol. The first-order chi connectivity index (χ1) is 7.82. The summed E-state index contributed by atoms with van der Waals surface area (Å²) in [5.41, 5.74) is -1.15. The molecule has 2 heterocycles. The molecule has 17 heavy (non-hydrogen) atoms. The smallest absolute Gasteiger partial charge is 0.410 e. The van der Waals surface area contributed by atoms with Crippen LogP contribution in [0.1, 0.15) is 33.6 Å². The normalized spacial score (nSPS) is 33.4. The molecule has 0 N–H and O–H groups in total. The lowest BCUT2D eigenvalue weighted by Crippen LogP contribution is -2.61. The zero-order valence-electron chi connectivity index (χ0n) is 10.7. The van der Waals surface area contributed by atoms with Crippen molar-refractivity contribution in [2.24, 2.45) is 0 Å². The summed E-state index contributed by atoms with van der Waals surface area (Å²) < 4.78 is 24.5. The van der Waals surface area contributed by atoms with E-state index in [-0.39, 0.29) is 6.54 Å². The molecule has 0 saturated carbocycles. The molecule has 2 aliphatic heterocycles. The molecule has 2 atom stereocenters. The monoisotopic (exact) mass is 245 g/mol. The highest BCUT2D eigenvalue weighted by molar-refractivity contribution is 5.68. The summed E-state index contributed by atoms with van der Waals surface area (Å²) in [4.78, 5) is 13.2. The van der Waals surface area contributed by atoms with E-state index in [2.05, 4.69) is 0 Å². The first kappa shape index (κ1) is 12.6. The fourth-order valence-electron chi connectivity index (χ4n) is 2.23. The van der Waals surface area contributed by atoms with Gasteiger partial charge in [-0.25, -0.2) is 9.18 Å². The number of alkyl halides is 1. The van der Waals surface area contributed by atoms with Crippen molar-refractivity contribution in [1.29, 1.82) is 0 Å². The number of hydrogen-bond donors (Lipinski definition) is 0. The van der Waals surface area contributed by atoms with E-state index >= 15 is 0 Å². The standard InChI is InChI=1S/C12H20FNO3/c1-11(2,3)17-10(15)14-6-4-12(5-7-16-12)9(13)8-14/h9H,4-8H2,1-3H3/t9?,12-/m1/s1. The van der Waals surface area contributed by atoms with Gasteiger partial charge in [-0.05, 0) is 27.2 Å². The summed E-state index contributed by atoms with van der Waals surface area (Å²) >= 11 is 0. The molecule has 0 radical (unpaired) electrons. The molecule has 2 saturated heterocycles. The summed E-state index contributed by atoms with van der Waals surface area (Å²) in [5.74, 6) is 0. The third kappa shape index (κ3) is 2.54. The number of ether oxygens (including phenoxy) is 2. The molecule has 2 rings (SSSR count). The third-order valence-electron chi connectivity index (χ3n) is 3.32. The van der Waals surface area contributed by atoms with Gasteiger partial charge < -0.3 is 14.4 Å². The number of carbonyl (C=O) groups is 1. The minimum absolute atomic E-state index is 0.0783. The van der Waals surface area contributed by atoms with Crippen LogP contribution in [0.3, 0.4) is 0 Å². The van der Waals surface area contributed by atoms with Crippen LogP contribution < -0.4 is 0 Å². The lowest BCUT2D eigenvalue weighted by Gasteiger charge is -2.49. The second kappa shape index (κ2) is 4.12. The SMILES string of the molecule is CC(C)(C)OC(=O)N1CC[C@@]2(CCO2)C(F)C1. The van der Waals surface area contributed by atoms with Crippen LogP contribution in [0.25, 0.3) is 0 Å². The largest absolute Gasteiger partial charge is 0.444 e. The first-order valence-corrected chi connectivity index (χ1v) is 6.08. The van der Waals surface area contributed by atoms with Gasteiger partial charge in [-0.15, -0.1) is 0 Å². The molecule has 98 valence electrons. The molecule has 0 bridgehead atoms. The summed E-state index contributed by atoms with van der Waals surface area (Å²) in [5, 5.41) is 0. The number of piperidine rings is 1. The van der Waals surface area contributed by atoms with Crippen molar-refractivity contribution in [2.45, 2.75) is 51.0 Å². The highest BCUT2D eigenvalue weighted by Crippen LogP contribution is 2.38. The molecule has 4 nitrogen and oxygen atoms in total. The van der Waals surface area contributed by atoms with Crippen molar-refractivity contribution < 1.29 is 18.7 Å². The molecule has 0 aromatic heterocycles. The van der Waals surface area contributed by atoms with Crippen molar-refractivity contribution in [3.63, 3.8) is 0 Å². The van der Waals surface area contributed by atoms with Gasteiger partial charge in [-0.2, -0.15) is 0 Å². The molecule has 0 aromatic rings. The number of rotatable bonds is 0. The molecular weight excluding hydrogens is 225 g/mol. The van der Waals surface area contributed by atoms with Gasteiger partial charge in [0.15, 0.2) is 0 Å². The van der Waals surface area contributed by atoms with Crippen molar-refractivity contribution in [1.82, 2.24) is 4.90 Å². The summed E-state index contributed by atoms with van der Waals surface area (Å²) in [6.07, 6.45) is -0.212. The minimum atomic E-state index is -1.10. The fraction of sp³-hybridized carbons (Fsp3) is 0.917. The molecule has 2 aliphatic rings. The summed E-state index contributed by atoms with van der Waals surface area (Å²) in [7, 11) is 0. The van der Waals surface area contributed by atoms with Gasteiger partial charge in [0.2, 0.25) is 0 Å².